The first kappa shape index (κ1) is 36.2. The summed E-state index contributed by atoms with van der Waals surface area (Å²) in [5.74, 6) is -3.96. The highest BCUT2D eigenvalue weighted by Crippen LogP contribution is 2.05. The van der Waals surface area contributed by atoms with Crippen LogP contribution in [-0.4, -0.2) is 63.4 Å². The molecule has 0 amide bonds. The lowest BCUT2D eigenvalue weighted by atomic mass is 10.2. The van der Waals surface area contributed by atoms with E-state index in [1.54, 1.807) is 0 Å². The van der Waals surface area contributed by atoms with Gasteiger partial charge in [-0.05, 0) is 44.1 Å². The van der Waals surface area contributed by atoms with Gasteiger partial charge in [-0.15, -0.1) is 0 Å². The smallest absolute Gasteiger partial charge is 0.306 e. The van der Waals surface area contributed by atoms with Gasteiger partial charge < -0.3 is 29.9 Å². The minimum absolute atomic E-state index is 0.0628. The van der Waals surface area contributed by atoms with Crippen molar-refractivity contribution in [2.45, 2.75) is 83.7 Å². The van der Waals surface area contributed by atoms with Crippen LogP contribution in [0.15, 0.2) is 30.3 Å². The first-order valence-corrected chi connectivity index (χ1v) is 12.1. The number of ether oxygens (including phenoxy) is 2. The van der Waals surface area contributed by atoms with Gasteiger partial charge in [0.25, 0.3) is 0 Å². The minimum atomic E-state index is -0.870. The predicted octanol–water partition coefficient (Wildman–Crippen LogP) is 3.90. The molecule has 0 saturated carbocycles. The van der Waals surface area contributed by atoms with Gasteiger partial charge in [0.1, 0.15) is 6.61 Å². The summed E-state index contributed by atoms with van der Waals surface area (Å²) >= 11 is 0. The first-order valence-electron chi connectivity index (χ1n) is 12.1. The van der Waals surface area contributed by atoms with E-state index in [0.717, 1.165) is 5.56 Å². The van der Waals surface area contributed by atoms with Crippen molar-refractivity contribution in [1.29, 1.82) is 0 Å². The van der Waals surface area contributed by atoms with Crippen molar-refractivity contribution in [2.75, 3.05) is 7.11 Å². The zero-order valence-corrected chi connectivity index (χ0v) is 21.6. The van der Waals surface area contributed by atoms with E-state index in [9.17, 15) is 28.8 Å². The number of carboxylic acid groups (broad SMARTS) is 4. The van der Waals surface area contributed by atoms with Crippen molar-refractivity contribution in [2.24, 2.45) is 0 Å². The Balaban J connectivity index is 0. The molecule has 0 fully saturated rings. The van der Waals surface area contributed by atoms with E-state index < -0.39 is 23.9 Å². The highest BCUT2D eigenvalue weighted by molar-refractivity contribution is 5.70. The molecule has 0 atom stereocenters. The number of carbonyl (C=O) groups excluding carboxylic acids is 2. The number of esters is 2. The standard InChI is InChI=1S/C13H16O4.C7H12O4.C6H10O4/c14-12(15)8-4-5-9-13(16)17-10-11-6-2-1-3-7-11;1-11-7(10)5-3-2-4-6(8)9;7-5(8)3-1-2-4-6(9)10/h1-3,6-7H,4-5,8-10H2,(H,14,15);2-5H2,1H3,(H,8,9);1-4H2,(H,7,8)(H,9,10). The molecule has 4 N–H and O–H groups in total. The molecule has 214 valence electrons. The van der Waals surface area contributed by atoms with E-state index in [1.165, 1.54) is 7.11 Å². The largest absolute Gasteiger partial charge is 0.481 e. The molecule has 0 saturated heterocycles. The lowest BCUT2D eigenvalue weighted by Crippen LogP contribution is -2.04. The van der Waals surface area contributed by atoms with Crippen molar-refractivity contribution in [3.05, 3.63) is 35.9 Å². The number of hydrogen-bond acceptors (Lipinski definition) is 8. The van der Waals surface area contributed by atoms with Gasteiger partial charge in [0.2, 0.25) is 0 Å². The van der Waals surface area contributed by atoms with Crippen LogP contribution in [0.1, 0.15) is 82.6 Å². The fourth-order valence-corrected chi connectivity index (χ4v) is 2.56. The third-order valence-corrected chi connectivity index (χ3v) is 4.54. The molecular weight excluding hydrogens is 504 g/mol. The number of methoxy groups -OCH3 is 1. The molecule has 0 aliphatic carbocycles. The molecule has 1 aromatic rings. The van der Waals surface area contributed by atoms with Crippen LogP contribution in [0.4, 0.5) is 0 Å². The first-order chi connectivity index (χ1) is 18.0. The lowest BCUT2D eigenvalue weighted by Gasteiger charge is -2.04. The average Bonchev–Trinajstić information content (AvgIpc) is 2.86. The average molecular weight is 543 g/mol. The topological polar surface area (TPSA) is 202 Å². The van der Waals surface area contributed by atoms with Crippen LogP contribution in [0, 0.1) is 0 Å². The summed E-state index contributed by atoms with van der Waals surface area (Å²) < 4.78 is 9.42. The van der Waals surface area contributed by atoms with E-state index in [2.05, 4.69) is 4.74 Å². The van der Waals surface area contributed by atoms with Crippen molar-refractivity contribution in [1.82, 2.24) is 0 Å². The van der Waals surface area contributed by atoms with Crippen LogP contribution in [0.25, 0.3) is 0 Å². The molecule has 0 radical (unpaired) electrons. The molecule has 0 aliphatic heterocycles. The number of aliphatic carboxylic acids is 4. The van der Waals surface area contributed by atoms with Crippen LogP contribution in [-0.2, 0) is 44.8 Å². The third-order valence-electron chi connectivity index (χ3n) is 4.54. The molecule has 0 bridgehead atoms. The maximum absolute atomic E-state index is 11.3. The van der Waals surface area contributed by atoms with Crippen molar-refractivity contribution < 1.29 is 58.7 Å². The van der Waals surface area contributed by atoms with E-state index in [-0.39, 0.29) is 50.6 Å². The van der Waals surface area contributed by atoms with E-state index in [4.69, 9.17) is 25.2 Å². The zero-order chi connectivity index (χ0) is 29.2. The number of carboxylic acids is 4. The summed E-state index contributed by atoms with van der Waals surface area (Å²) in [5, 5.41) is 32.9. The van der Waals surface area contributed by atoms with E-state index in [0.29, 0.717) is 44.9 Å². The molecule has 0 aromatic heterocycles. The number of rotatable bonds is 17. The molecule has 38 heavy (non-hydrogen) atoms. The van der Waals surface area contributed by atoms with Gasteiger partial charge in [0, 0.05) is 38.5 Å². The summed E-state index contributed by atoms with van der Waals surface area (Å²) in [5.41, 5.74) is 0.950. The van der Waals surface area contributed by atoms with Gasteiger partial charge >= 0.3 is 35.8 Å². The quantitative estimate of drug-likeness (QED) is 0.164. The third kappa shape index (κ3) is 30.1. The second kappa shape index (κ2) is 24.7. The molecule has 12 heteroatoms. The van der Waals surface area contributed by atoms with Gasteiger partial charge in [-0.3, -0.25) is 28.8 Å². The van der Waals surface area contributed by atoms with Gasteiger partial charge in [0.05, 0.1) is 7.11 Å². The van der Waals surface area contributed by atoms with E-state index >= 15 is 0 Å². The Morgan fingerprint density at radius 3 is 1.24 bits per heavy atom. The molecule has 12 nitrogen and oxygen atoms in total. The number of hydrogen-bond donors (Lipinski definition) is 4. The Kier molecular flexibility index (Phi) is 23.5. The second-order valence-electron chi connectivity index (χ2n) is 7.92. The Hall–Kier alpha value is -3.96. The molecular formula is C26H38O12. The monoisotopic (exact) mass is 542 g/mol. The summed E-state index contributed by atoms with van der Waals surface area (Å²) in [6, 6.07) is 9.44. The SMILES string of the molecule is COC(=O)CCCCC(=O)O.O=C(O)CCCCC(=O)O.O=C(O)CCCCC(=O)OCc1ccccc1. The van der Waals surface area contributed by atoms with Crippen LogP contribution in [0.5, 0.6) is 0 Å². The van der Waals surface area contributed by atoms with Gasteiger partial charge in [-0.25, -0.2) is 0 Å². The lowest BCUT2D eigenvalue weighted by molar-refractivity contribution is -0.145. The fraction of sp³-hybridized carbons (Fsp3) is 0.538. The van der Waals surface area contributed by atoms with Gasteiger partial charge in [0.15, 0.2) is 0 Å². The Morgan fingerprint density at radius 1 is 0.553 bits per heavy atom. The Morgan fingerprint density at radius 2 is 0.895 bits per heavy atom. The zero-order valence-electron chi connectivity index (χ0n) is 21.6. The molecule has 0 heterocycles. The number of benzene rings is 1. The summed E-state index contributed by atoms with van der Waals surface area (Å²) in [6.45, 7) is 0.276. The summed E-state index contributed by atoms with van der Waals surface area (Å²) in [4.78, 5) is 61.8. The molecule has 0 spiro atoms. The van der Waals surface area contributed by atoms with Crippen LogP contribution in [0.3, 0.4) is 0 Å². The van der Waals surface area contributed by atoms with Crippen LogP contribution < -0.4 is 0 Å². The molecule has 0 unspecified atom stereocenters. The highest BCUT2D eigenvalue weighted by atomic mass is 16.5. The molecule has 1 aromatic carbocycles. The molecule has 0 aliphatic rings. The van der Waals surface area contributed by atoms with E-state index in [1.807, 2.05) is 30.3 Å². The number of carbonyl (C=O) groups is 6. The Labute approximate surface area is 221 Å². The summed E-state index contributed by atoms with van der Waals surface area (Å²) in [7, 11) is 1.32. The predicted molar refractivity (Wildman–Crippen MR) is 134 cm³/mol. The second-order valence-corrected chi connectivity index (χ2v) is 7.92. The maximum Gasteiger partial charge on any atom is 0.306 e. The van der Waals surface area contributed by atoms with Gasteiger partial charge in [-0.2, -0.15) is 0 Å². The summed E-state index contributed by atoms with van der Waals surface area (Å²) in [6.07, 6.45) is 4.01. The van der Waals surface area contributed by atoms with Gasteiger partial charge in [-0.1, -0.05) is 30.3 Å². The minimum Gasteiger partial charge on any atom is -0.481 e. The maximum atomic E-state index is 11.3. The van der Waals surface area contributed by atoms with Crippen molar-refractivity contribution >= 4 is 35.8 Å². The molecule has 1 rings (SSSR count). The van der Waals surface area contributed by atoms with Crippen molar-refractivity contribution in [3.63, 3.8) is 0 Å². The van der Waals surface area contributed by atoms with Crippen LogP contribution >= 0.6 is 0 Å². The van der Waals surface area contributed by atoms with Crippen LogP contribution in [0.2, 0.25) is 0 Å². The highest BCUT2D eigenvalue weighted by Gasteiger charge is 2.04. The normalized spacial score (nSPS) is 9.50. The number of unbranched alkanes of at least 4 members (excludes halogenated alkanes) is 3. The Bertz CT molecular complexity index is 820. The fourth-order valence-electron chi connectivity index (χ4n) is 2.56. The van der Waals surface area contributed by atoms with Crippen molar-refractivity contribution in [3.8, 4) is 0 Å².